The van der Waals surface area contributed by atoms with Gasteiger partial charge in [-0.25, -0.2) is 4.98 Å². The average Bonchev–Trinajstić information content (AvgIpc) is 2.76. The molecule has 2 atom stereocenters. The largest absolute Gasteiger partial charge is 0.344 e. The monoisotopic (exact) mass is 309 g/mol. The van der Waals surface area contributed by atoms with Crippen LogP contribution in [-0.2, 0) is 10.2 Å². The van der Waals surface area contributed by atoms with Gasteiger partial charge in [0, 0.05) is 42.4 Å². The van der Waals surface area contributed by atoms with Gasteiger partial charge < -0.3 is 10.2 Å². The van der Waals surface area contributed by atoms with Crippen molar-refractivity contribution in [3.63, 3.8) is 0 Å². The van der Waals surface area contributed by atoms with Crippen molar-refractivity contribution in [2.24, 2.45) is 0 Å². The molecule has 2 rings (SSSR count). The molecule has 1 fully saturated rings. The number of likely N-dealkylation sites (tertiary alicyclic amines) is 1. The number of amides is 1. The Labute approximate surface area is 132 Å². The SMILES string of the molecule is Cc1nc(C(C)(C)C)sc1C(C)NC1CCC(=O)N(C)C1. The van der Waals surface area contributed by atoms with Gasteiger partial charge >= 0.3 is 0 Å². The summed E-state index contributed by atoms with van der Waals surface area (Å²) in [6.45, 7) is 11.7. The van der Waals surface area contributed by atoms with Gasteiger partial charge in [-0.1, -0.05) is 20.8 Å². The number of nitrogens with one attached hydrogen (secondary N) is 1. The lowest BCUT2D eigenvalue weighted by molar-refractivity contribution is -0.132. The van der Waals surface area contributed by atoms with Crippen LogP contribution >= 0.6 is 11.3 Å². The second kappa shape index (κ2) is 6.05. The molecule has 0 saturated carbocycles. The van der Waals surface area contributed by atoms with Crippen LogP contribution in [0.15, 0.2) is 0 Å². The van der Waals surface area contributed by atoms with E-state index in [1.165, 1.54) is 9.88 Å². The summed E-state index contributed by atoms with van der Waals surface area (Å²) < 4.78 is 0. The number of likely N-dealkylation sites (N-methyl/N-ethyl adjacent to an activating group) is 1. The van der Waals surface area contributed by atoms with Crippen LogP contribution in [0.4, 0.5) is 0 Å². The summed E-state index contributed by atoms with van der Waals surface area (Å²) in [5.41, 5.74) is 1.23. The summed E-state index contributed by atoms with van der Waals surface area (Å²) in [7, 11) is 1.89. The van der Waals surface area contributed by atoms with Gasteiger partial charge in [-0.2, -0.15) is 0 Å². The van der Waals surface area contributed by atoms with Gasteiger partial charge in [0.25, 0.3) is 0 Å². The molecule has 1 aromatic rings. The fourth-order valence-corrected chi connectivity index (χ4v) is 3.84. The number of carbonyl (C=O) groups is 1. The molecule has 2 unspecified atom stereocenters. The molecule has 1 aliphatic heterocycles. The molecule has 21 heavy (non-hydrogen) atoms. The van der Waals surface area contributed by atoms with Crippen molar-refractivity contribution in [2.45, 2.75) is 65.0 Å². The van der Waals surface area contributed by atoms with Crippen LogP contribution in [0, 0.1) is 6.92 Å². The Hall–Kier alpha value is -0.940. The van der Waals surface area contributed by atoms with E-state index in [-0.39, 0.29) is 17.4 Å². The zero-order valence-corrected chi connectivity index (χ0v) is 14.8. The Morgan fingerprint density at radius 3 is 2.62 bits per heavy atom. The van der Waals surface area contributed by atoms with E-state index >= 15 is 0 Å². The highest BCUT2D eigenvalue weighted by Crippen LogP contribution is 2.32. The van der Waals surface area contributed by atoms with Crippen molar-refractivity contribution in [3.8, 4) is 0 Å². The van der Waals surface area contributed by atoms with Crippen molar-refractivity contribution in [1.29, 1.82) is 0 Å². The highest BCUT2D eigenvalue weighted by atomic mass is 32.1. The number of rotatable bonds is 3. The van der Waals surface area contributed by atoms with Crippen molar-refractivity contribution in [2.75, 3.05) is 13.6 Å². The Bertz CT molecular complexity index is 518. The number of thiazole rings is 1. The molecule has 4 nitrogen and oxygen atoms in total. The maximum absolute atomic E-state index is 11.6. The molecule has 0 spiro atoms. The zero-order valence-electron chi connectivity index (χ0n) is 14.0. The summed E-state index contributed by atoms with van der Waals surface area (Å²) in [5.74, 6) is 0.254. The first-order valence-electron chi connectivity index (χ1n) is 7.66. The topological polar surface area (TPSA) is 45.2 Å². The minimum atomic E-state index is 0.102. The molecule has 1 aliphatic rings. The molecular weight excluding hydrogens is 282 g/mol. The summed E-state index contributed by atoms with van der Waals surface area (Å²) in [4.78, 5) is 19.4. The van der Waals surface area contributed by atoms with Crippen LogP contribution in [0.1, 0.15) is 62.2 Å². The van der Waals surface area contributed by atoms with Crippen molar-refractivity contribution in [3.05, 3.63) is 15.6 Å². The molecule has 2 heterocycles. The Balaban J connectivity index is 2.05. The number of carbonyl (C=O) groups excluding carboxylic acids is 1. The number of nitrogens with zero attached hydrogens (tertiary/aromatic N) is 2. The maximum atomic E-state index is 11.6. The number of hydrogen-bond donors (Lipinski definition) is 1. The van der Waals surface area contributed by atoms with Crippen LogP contribution in [0.5, 0.6) is 0 Å². The number of hydrogen-bond acceptors (Lipinski definition) is 4. The molecule has 0 radical (unpaired) electrons. The van der Waals surface area contributed by atoms with E-state index in [0.29, 0.717) is 12.5 Å². The van der Waals surface area contributed by atoms with E-state index in [4.69, 9.17) is 4.98 Å². The number of piperidine rings is 1. The lowest BCUT2D eigenvalue weighted by Crippen LogP contribution is -2.47. The highest BCUT2D eigenvalue weighted by Gasteiger charge is 2.26. The summed E-state index contributed by atoms with van der Waals surface area (Å²) in [6, 6.07) is 0.660. The minimum Gasteiger partial charge on any atom is -0.344 e. The fraction of sp³-hybridized carbons (Fsp3) is 0.750. The molecule has 5 heteroatoms. The molecule has 1 N–H and O–H groups in total. The van der Waals surface area contributed by atoms with E-state index in [0.717, 1.165) is 18.7 Å². The van der Waals surface area contributed by atoms with Crippen LogP contribution in [-0.4, -0.2) is 35.4 Å². The summed E-state index contributed by atoms with van der Waals surface area (Å²) in [6.07, 6.45) is 1.58. The van der Waals surface area contributed by atoms with E-state index in [9.17, 15) is 4.79 Å². The van der Waals surface area contributed by atoms with Gasteiger partial charge in [0.05, 0.1) is 10.7 Å². The van der Waals surface area contributed by atoms with Crippen molar-refractivity contribution in [1.82, 2.24) is 15.2 Å². The van der Waals surface area contributed by atoms with E-state index in [1.807, 2.05) is 23.3 Å². The summed E-state index contributed by atoms with van der Waals surface area (Å²) in [5, 5.41) is 4.86. The van der Waals surface area contributed by atoms with Gasteiger partial charge in [-0.3, -0.25) is 4.79 Å². The Kier molecular flexibility index (Phi) is 4.73. The Morgan fingerprint density at radius 2 is 2.10 bits per heavy atom. The number of aryl methyl sites for hydroxylation is 1. The quantitative estimate of drug-likeness (QED) is 0.933. The molecule has 0 bridgehead atoms. The predicted molar refractivity (Wildman–Crippen MR) is 87.8 cm³/mol. The first-order valence-corrected chi connectivity index (χ1v) is 8.48. The molecule has 0 aromatic carbocycles. The molecular formula is C16H27N3OS. The van der Waals surface area contributed by atoms with Gasteiger partial charge in [-0.05, 0) is 20.3 Å². The predicted octanol–water partition coefficient (Wildman–Crippen LogP) is 3.02. The van der Waals surface area contributed by atoms with Crippen LogP contribution in [0.2, 0.25) is 0 Å². The maximum Gasteiger partial charge on any atom is 0.222 e. The van der Waals surface area contributed by atoms with Crippen molar-refractivity contribution >= 4 is 17.2 Å². The van der Waals surface area contributed by atoms with Crippen molar-refractivity contribution < 1.29 is 4.79 Å². The first-order chi connectivity index (χ1) is 9.68. The third-order valence-corrected chi connectivity index (χ3v) is 5.75. The highest BCUT2D eigenvalue weighted by molar-refractivity contribution is 7.12. The second-order valence-corrected chi connectivity index (χ2v) is 8.15. The molecule has 0 aliphatic carbocycles. The third-order valence-electron chi connectivity index (χ3n) is 3.98. The minimum absolute atomic E-state index is 0.102. The van der Waals surface area contributed by atoms with Crippen LogP contribution in [0.3, 0.4) is 0 Å². The van der Waals surface area contributed by atoms with Crippen LogP contribution in [0.25, 0.3) is 0 Å². The molecule has 1 aromatic heterocycles. The van der Waals surface area contributed by atoms with Gasteiger partial charge in [0.1, 0.15) is 0 Å². The lowest BCUT2D eigenvalue weighted by Gasteiger charge is -2.32. The smallest absolute Gasteiger partial charge is 0.222 e. The normalized spacial score (nSPS) is 21.7. The lowest BCUT2D eigenvalue weighted by atomic mass is 9.98. The number of aromatic nitrogens is 1. The molecule has 1 amide bonds. The second-order valence-electron chi connectivity index (χ2n) is 7.12. The van der Waals surface area contributed by atoms with Crippen LogP contribution < -0.4 is 5.32 Å². The fourth-order valence-electron chi connectivity index (χ4n) is 2.71. The van der Waals surface area contributed by atoms with E-state index in [1.54, 1.807) is 0 Å². The van der Waals surface area contributed by atoms with Gasteiger partial charge in [-0.15, -0.1) is 11.3 Å². The standard InChI is InChI=1S/C16H27N3OS/c1-10(17-12-7-8-13(20)19(6)9-12)14-11(2)18-15(21-14)16(3,4)5/h10,12,17H,7-9H2,1-6H3. The van der Waals surface area contributed by atoms with Gasteiger partial charge in [0.15, 0.2) is 0 Å². The first kappa shape index (κ1) is 16.4. The van der Waals surface area contributed by atoms with E-state index < -0.39 is 0 Å². The zero-order chi connectivity index (χ0) is 15.8. The third kappa shape index (κ3) is 3.83. The average molecular weight is 309 g/mol. The molecule has 118 valence electrons. The summed E-state index contributed by atoms with van der Waals surface area (Å²) >= 11 is 1.81. The van der Waals surface area contributed by atoms with E-state index in [2.05, 4.69) is 39.9 Å². The van der Waals surface area contributed by atoms with Gasteiger partial charge in [0.2, 0.25) is 5.91 Å². The molecule has 1 saturated heterocycles. The Morgan fingerprint density at radius 1 is 1.43 bits per heavy atom.